The topological polar surface area (TPSA) is 92.5 Å². The Balaban J connectivity index is 2.88. The molecule has 1 fully saturated rings. The number of aliphatic hydroxyl groups is 2. The second-order valence-corrected chi connectivity index (χ2v) is 4.94. The van der Waals surface area contributed by atoms with E-state index in [1.54, 1.807) is 0 Å². The van der Waals surface area contributed by atoms with E-state index in [9.17, 15) is 10.2 Å². The largest absolute Gasteiger partial charge is 0.390 e. The summed E-state index contributed by atoms with van der Waals surface area (Å²) in [4.78, 5) is 0. The van der Waals surface area contributed by atoms with Crippen LogP contribution in [-0.2, 0) is 0 Å². The Morgan fingerprint density at radius 2 is 1.71 bits per heavy atom. The molecule has 84 valence electrons. The molecule has 6 N–H and O–H groups in total. The van der Waals surface area contributed by atoms with Gasteiger partial charge >= 0.3 is 0 Å². The van der Waals surface area contributed by atoms with Gasteiger partial charge in [-0.05, 0) is 6.42 Å². The smallest absolute Gasteiger partial charge is 0.0983 e. The molecular formula is C8H16Cl2N2O2. The van der Waals surface area contributed by atoms with Crippen molar-refractivity contribution in [3.05, 3.63) is 0 Å². The molecule has 4 unspecified atom stereocenters. The van der Waals surface area contributed by atoms with Crippen LogP contribution in [0, 0.1) is 5.41 Å². The summed E-state index contributed by atoms with van der Waals surface area (Å²) < 4.78 is 0. The molecule has 0 radical (unpaired) electrons. The van der Waals surface area contributed by atoms with E-state index < -0.39 is 28.4 Å². The second kappa shape index (κ2) is 4.51. The quantitative estimate of drug-likeness (QED) is 0.479. The monoisotopic (exact) mass is 242 g/mol. The van der Waals surface area contributed by atoms with Gasteiger partial charge in [-0.25, -0.2) is 0 Å². The number of hydrogen-bond donors (Lipinski definition) is 4. The Morgan fingerprint density at radius 3 is 2.14 bits per heavy atom. The van der Waals surface area contributed by atoms with Crippen LogP contribution in [-0.4, -0.2) is 46.3 Å². The first-order valence-corrected chi connectivity index (χ1v) is 5.40. The molecule has 0 aromatic rings. The summed E-state index contributed by atoms with van der Waals surface area (Å²) in [5.74, 6) is 0. The van der Waals surface area contributed by atoms with Gasteiger partial charge in [-0.1, -0.05) is 0 Å². The maximum absolute atomic E-state index is 9.82. The lowest BCUT2D eigenvalue weighted by molar-refractivity contribution is -0.0842. The maximum Gasteiger partial charge on any atom is 0.0983 e. The molecule has 14 heavy (non-hydrogen) atoms. The van der Waals surface area contributed by atoms with Gasteiger partial charge in [0.05, 0.1) is 23.0 Å². The number of rotatable bonds is 2. The molecule has 0 aromatic carbocycles. The number of aliphatic hydroxyl groups excluding tert-OH is 2. The number of nitrogens with two attached hydrogens (primary N) is 2. The van der Waals surface area contributed by atoms with Gasteiger partial charge in [0.15, 0.2) is 0 Å². The van der Waals surface area contributed by atoms with Crippen molar-refractivity contribution in [1.29, 1.82) is 0 Å². The number of alkyl halides is 2. The first-order chi connectivity index (χ1) is 6.48. The van der Waals surface area contributed by atoms with Crippen LogP contribution >= 0.6 is 23.2 Å². The Labute approximate surface area is 93.2 Å². The third-order valence-electron chi connectivity index (χ3n) is 3.04. The van der Waals surface area contributed by atoms with Crippen LogP contribution in [0.15, 0.2) is 0 Å². The van der Waals surface area contributed by atoms with E-state index in [-0.39, 0.29) is 13.1 Å². The number of hydrogen-bond acceptors (Lipinski definition) is 4. The average Bonchev–Trinajstić information content (AvgIpc) is 2.21. The van der Waals surface area contributed by atoms with Crippen LogP contribution in [0.4, 0.5) is 0 Å². The normalized spacial score (nSPS) is 42.4. The van der Waals surface area contributed by atoms with Gasteiger partial charge in [0.25, 0.3) is 0 Å². The Hall–Kier alpha value is 0.420. The SMILES string of the molecule is NCC1(CN)CC(Cl)C(Cl)C(O)C1O. The van der Waals surface area contributed by atoms with Crippen molar-refractivity contribution >= 4 is 23.2 Å². The fourth-order valence-electron chi connectivity index (χ4n) is 1.86. The van der Waals surface area contributed by atoms with E-state index in [0.29, 0.717) is 6.42 Å². The molecule has 0 saturated heterocycles. The van der Waals surface area contributed by atoms with Crippen molar-refractivity contribution in [3.8, 4) is 0 Å². The van der Waals surface area contributed by atoms with E-state index in [0.717, 1.165) is 0 Å². The van der Waals surface area contributed by atoms with Crippen molar-refractivity contribution in [3.63, 3.8) is 0 Å². The molecule has 0 amide bonds. The van der Waals surface area contributed by atoms with Crippen LogP contribution in [0.1, 0.15) is 6.42 Å². The minimum atomic E-state index is -1.07. The molecule has 0 aliphatic heterocycles. The average molecular weight is 243 g/mol. The first-order valence-electron chi connectivity index (χ1n) is 4.53. The van der Waals surface area contributed by atoms with Crippen molar-refractivity contribution in [2.75, 3.05) is 13.1 Å². The molecule has 1 saturated carbocycles. The minimum Gasteiger partial charge on any atom is -0.390 e. The van der Waals surface area contributed by atoms with Crippen LogP contribution in [0.25, 0.3) is 0 Å². The predicted molar refractivity (Wildman–Crippen MR) is 56.5 cm³/mol. The van der Waals surface area contributed by atoms with Gasteiger partial charge in [-0.3, -0.25) is 0 Å². The third-order valence-corrected chi connectivity index (χ3v) is 4.15. The molecule has 4 atom stereocenters. The highest BCUT2D eigenvalue weighted by Crippen LogP contribution is 2.39. The summed E-state index contributed by atoms with van der Waals surface area (Å²) in [6.45, 7) is 0.378. The summed E-state index contributed by atoms with van der Waals surface area (Å²) in [5, 5.41) is 18.4. The fourth-order valence-corrected chi connectivity index (χ4v) is 2.55. The van der Waals surface area contributed by atoms with Gasteiger partial charge in [0, 0.05) is 18.5 Å². The predicted octanol–water partition coefficient (Wildman–Crippen LogP) is -0.769. The molecule has 0 bridgehead atoms. The highest BCUT2D eigenvalue weighted by Gasteiger charge is 2.50. The van der Waals surface area contributed by atoms with Crippen molar-refractivity contribution < 1.29 is 10.2 Å². The van der Waals surface area contributed by atoms with Crippen molar-refractivity contribution in [2.24, 2.45) is 16.9 Å². The summed E-state index contributed by atoms with van der Waals surface area (Å²) in [7, 11) is 0. The Morgan fingerprint density at radius 1 is 1.21 bits per heavy atom. The molecule has 0 aromatic heterocycles. The van der Waals surface area contributed by atoms with E-state index in [1.807, 2.05) is 0 Å². The minimum absolute atomic E-state index is 0.189. The molecular weight excluding hydrogens is 227 g/mol. The van der Waals surface area contributed by atoms with Gasteiger partial charge in [-0.15, -0.1) is 23.2 Å². The summed E-state index contributed by atoms with van der Waals surface area (Å²) in [6.07, 6.45) is -1.65. The summed E-state index contributed by atoms with van der Waals surface area (Å²) >= 11 is 11.8. The second-order valence-electron chi connectivity index (χ2n) is 3.87. The molecule has 0 heterocycles. The van der Waals surface area contributed by atoms with Gasteiger partial charge in [-0.2, -0.15) is 0 Å². The Kier molecular flexibility index (Phi) is 4.03. The number of halogens is 2. The van der Waals surface area contributed by atoms with Gasteiger partial charge in [0.2, 0.25) is 0 Å². The first kappa shape index (κ1) is 12.5. The summed E-state index contributed by atoms with van der Waals surface area (Å²) in [5.41, 5.74) is 10.4. The highest BCUT2D eigenvalue weighted by atomic mass is 35.5. The van der Waals surface area contributed by atoms with Gasteiger partial charge in [0.1, 0.15) is 0 Å². The van der Waals surface area contributed by atoms with E-state index in [4.69, 9.17) is 34.7 Å². The van der Waals surface area contributed by atoms with Gasteiger partial charge < -0.3 is 21.7 Å². The van der Waals surface area contributed by atoms with E-state index in [1.165, 1.54) is 0 Å². The standard InChI is InChI=1S/C8H16Cl2N2O2/c9-4-1-8(2-11,3-12)7(14)6(13)5(4)10/h4-7,13-14H,1-3,11-12H2. The highest BCUT2D eigenvalue weighted by molar-refractivity contribution is 6.30. The lowest BCUT2D eigenvalue weighted by atomic mass is 9.70. The molecule has 1 aliphatic carbocycles. The van der Waals surface area contributed by atoms with Crippen LogP contribution < -0.4 is 11.5 Å². The van der Waals surface area contributed by atoms with Crippen molar-refractivity contribution in [2.45, 2.75) is 29.4 Å². The van der Waals surface area contributed by atoms with Crippen LogP contribution in [0.2, 0.25) is 0 Å². The summed E-state index contributed by atoms with van der Waals surface area (Å²) in [6, 6.07) is 0. The molecule has 1 aliphatic rings. The zero-order valence-electron chi connectivity index (χ0n) is 7.74. The zero-order chi connectivity index (χ0) is 10.9. The third kappa shape index (κ3) is 1.87. The molecule has 6 heteroatoms. The van der Waals surface area contributed by atoms with Crippen LogP contribution in [0.5, 0.6) is 0 Å². The molecule has 0 spiro atoms. The van der Waals surface area contributed by atoms with Crippen LogP contribution in [0.3, 0.4) is 0 Å². The van der Waals surface area contributed by atoms with Crippen molar-refractivity contribution in [1.82, 2.24) is 0 Å². The zero-order valence-corrected chi connectivity index (χ0v) is 9.25. The Bertz CT molecular complexity index is 202. The molecule has 4 nitrogen and oxygen atoms in total. The lowest BCUT2D eigenvalue weighted by Gasteiger charge is -2.46. The van der Waals surface area contributed by atoms with E-state index in [2.05, 4.69) is 0 Å². The lowest BCUT2D eigenvalue weighted by Crippen LogP contribution is -2.61. The van der Waals surface area contributed by atoms with E-state index >= 15 is 0 Å². The maximum atomic E-state index is 9.82. The fraction of sp³-hybridized carbons (Fsp3) is 1.00. The molecule has 1 rings (SSSR count).